The van der Waals surface area contributed by atoms with Gasteiger partial charge < -0.3 is 10.4 Å². The first kappa shape index (κ1) is 14.9. The van der Waals surface area contributed by atoms with Gasteiger partial charge in [0, 0.05) is 12.0 Å². The second-order valence-electron chi connectivity index (χ2n) is 7.37. The number of nitrogens with one attached hydrogen (secondary N) is 1. The number of carboxylic acid groups (broad SMARTS) is 1. The largest absolute Gasteiger partial charge is 0.481 e. The van der Waals surface area contributed by atoms with Gasteiger partial charge in [0.05, 0.1) is 5.92 Å². The third-order valence-corrected chi connectivity index (χ3v) is 6.04. The van der Waals surface area contributed by atoms with Crippen LogP contribution >= 0.6 is 0 Å². The SMILES string of the molecule is O=C(O)C1CCC(NC(=O)C2CCC3CCCCC3C2)C1. The molecule has 0 spiro atoms. The molecule has 3 aliphatic carbocycles. The van der Waals surface area contributed by atoms with Crippen LogP contribution in [0.2, 0.25) is 0 Å². The lowest BCUT2D eigenvalue weighted by molar-refractivity contribution is -0.141. The van der Waals surface area contributed by atoms with Crippen LogP contribution in [0.3, 0.4) is 0 Å². The number of carboxylic acids is 1. The minimum Gasteiger partial charge on any atom is -0.481 e. The number of carbonyl (C=O) groups is 2. The Hall–Kier alpha value is -1.06. The Balaban J connectivity index is 1.48. The first-order valence-electron chi connectivity index (χ1n) is 8.66. The molecule has 3 saturated carbocycles. The molecule has 3 fully saturated rings. The lowest BCUT2D eigenvalue weighted by Gasteiger charge is -2.39. The summed E-state index contributed by atoms with van der Waals surface area (Å²) >= 11 is 0. The monoisotopic (exact) mass is 293 g/mol. The Kier molecular flexibility index (Phi) is 4.51. The number of hydrogen-bond acceptors (Lipinski definition) is 2. The molecule has 3 rings (SSSR count). The van der Waals surface area contributed by atoms with Crippen molar-refractivity contribution in [3.05, 3.63) is 0 Å². The van der Waals surface area contributed by atoms with Gasteiger partial charge in [0.2, 0.25) is 5.91 Å². The van der Waals surface area contributed by atoms with E-state index in [4.69, 9.17) is 5.11 Å². The summed E-state index contributed by atoms with van der Waals surface area (Å²) in [6.07, 6.45) is 10.8. The molecular weight excluding hydrogens is 266 g/mol. The van der Waals surface area contributed by atoms with Gasteiger partial charge in [0.15, 0.2) is 0 Å². The van der Waals surface area contributed by atoms with Gasteiger partial charge in [-0.1, -0.05) is 25.7 Å². The number of hydrogen-bond donors (Lipinski definition) is 2. The highest BCUT2D eigenvalue weighted by Crippen LogP contribution is 2.42. The number of aliphatic carboxylic acids is 1. The average molecular weight is 293 g/mol. The Morgan fingerprint density at radius 3 is 2.24 bits per heavy atom. The normalized spacial score (nSPS) is 39.5. The molecule has 5 atom stereocenters. The summed E-state index contributed by atoms with van der Waals surface area (Å²) in [6, 6.07) is 0.0858. The molecule has 0 saturated heterocycles. The van der Waals surface area contributed by atoms with E-state index in [2.05, 4.69) is 5.32 Å². The second-order valence-corrected chi connectivity index (χ2v) is 7.37. The van der Waals surface area contributed by atoms with Crippen LogP contribution in [0.25, 0.3) is 0 Å². The maximum atomic E-state index is 12.4. The van der Waals surface area contributed by atoms with Crippen molar-refractivity contribution in [2.24, 2.45) is 23.7 Å². The molecule has 5 unspecified atom stereocenters. The van der Waals surface area contributed by atoms with Crippen LogP contribution in [0.15, 0.2) is 0 Å². The fourth-order valence-electron chi connectivity index (χ4n) is 4.77. The van der Waals surface area contributed by atoms with Crippen molar-refractivity contribution in [3.63, 3.8) is 0 Å². The van der Waals surface area contributed by atoms with Crippen LogP contribution in [0, 0.1) is 23.7 Å². The van der Waals surface area contributed by atoms with Gasteiger partial charge >= 0.3 is 5.97 Å². The summed E-state index contributed by atoms with van der Waals surface area (Å²) in [5.74, 6) is 1.02. The highest BCUT2D eigenvalue weighted by atomic mass is 16.4. The first-order valence-corrected chi connectivity index (χ1v) is 8.66. The van der Waals surface area contributed by atoms with Crippen LogP contribution in [-0.4, -0.2) is 23.0 Å². The number of amides is 1. The quantitative estimate of drug-likeness (QED) is 0.840. The summed E-state index contributed by atoms with van der Waals surface area (Å²) < 4.78 is 0. The maximum Gasteiger partial charge on any atom is 0.306 e. The van der Waals surface area contributed by atoms with Crippen LogP contribution < -0.4 is 5.32 Å². The number of carbonyl (C=O) groups excluding carboxylic acids is 1. The number of rotatable bonds is 3. The van der Waals surface area contributed by atoms with Gasteiger partial charge in [-0.25, -0.2) is 0 Å². The van der Waals surface area contributed by atoms with Gasteiger partial charge in [-0.15, -0.1) is 0 Å². The second kappa shape index (κ2) is 6.37. The Morgan fingerprint density at radius 1 is 0.810 bits per heavy atom. The smallest absolute Gasteiger partial charge is 0.306 e. The van der Waals surface area contributed by atoms with Gasteiger partial charge in [0.25, 0.3) is 0 Å². The fraction of sp³-hybridized carbons (Fsp3) is 0.882. The average Bonchev–Trinajstić information content (AvgIpc) is 2.95. The molecule has 3 aliphatic rings. The molecule has 4 heteroatoms. The van der Waals surface area contributed by atoms with E-state index in [-0.39, 0.29) is 23.8 Å². The zero-order chi connectivity index (χ0) is 14.8. The number of fused-ring (bicyclic) bond motifs is 1. The first-order chi connectivity index (χ1) is 10.1. The Morgan fingerprint density at radius 2 is 1.52 bits per heavy atom. The van der Waals surface area contributed by atoms with E-state index in [9.17, 15) is 9.59 Å². The molecule has 1 amide bonds. The molecule has 0 aromatic rings. The van der Waals surface area contributed by atoms with E-state index in [0.29, 0.717) is 12.8 Å². The van der Waals surface area contributed by atoms with Gasteiger partial charge in [-0.2, -0.15) is 0 Å². The van der Waals surface area contributed by atoms with Crippen LogP contribution in [0.1, 0.15) is 64.2 Å². The molecule has 0 radical (unpaired) electrons. The van der Waals surface area contributed by atoms with Gasteiger partial charge in [0.1, 0.15) is 0 Å². The van der Waals surface area contributed by atoms with Crippen LogP contribution in [-0.2, 0) is 9.59 Å². The minimum atomic E-state index is -0.713. The van der Waals surface area contributed by atoms with Gasteiger partial charge in [-0.3, -0.25) is 9.59 Å². The molecule has 0 aliphatic heterocycles. The standard InChI is InChI=1S/C17H27NO3/c19-16(18-15-8-7-14(10-15)17(20)21)13-6-5-11-3-1-2-4-12(11)9-13/h11-15H,1-10H2,(H,18,19)(H,20,21). The molecule has 0 bridgehead atoms. The van der Waals surface area contributed by atoms with E-state index >= 15 is 0 Å². The third-order valence-electron chi connectivity index (χ3n) is 6.04. The highest BCUT2D eigenvalue weighted by molar-refractivity contribution is 5.79. The Bertz CT molecular complexity index is 409. The maximum absolute atomic E-state index is 12.4. The minimum absolute atomic E-state index is 0.0858. The molecule has 0 heterocycles. The van der Waals surface area contributed by atoms with Crippen molar-refractivity contribution < 1.29 is 14.7 Å². The summed E-state index contributed by atoms with van der Waals surface area (Å²) in [4.78, 5) is 23.4. The predicted molar refractivity (Wildman–Crippen MR) is 79.7 cm³/mol. The van der Waals surface area contributed by atoms with E-state index in [1.807, 2.05) is 0 Å². The van der Waals surface area contributed by atoms with Crippen molar-refractivity contribution in [1.29, 1.82) is 0 Å². The molecule has 118 valence electrons. The zero-order valence-corrected chi connectivity index (χ0v) is 12.7. The molecule has 2 N–H and O–H groups in total. The fourth-order valence-corrected chi connectivity index (χ4v) is 4.77. The van der Waals surface area contributed by atoms with E-state index < -0.39 is 5.97 Å². The zero-order valence-electron chi connectivity index (χ0n) is 12.7. The summed E-state index contributed by atoms with van der Waals surface area (Å²) in [7, 11) is 0. The lowest BCUT2D eigenvalue weighted by Crippen LogP contribution is -2.41. The van der Waals surface area contributed by atoms with Crippen LogP contribution in [0.5, 0.6) is 0 Å². The van der Waals surface area contributed by atoms with E-state index in [1.165, 1.54) is 32.1 Å². The van der Waals surface area contributed by atoms with Crippen molar-refractivity contribution in [1.82, 2.24) is 5.32 Å². The molecular formula is C17H27NO3. The third kappa shape index (κ3) is 3.41. The van der Waals surface area contributed by atoms with Crippen molar-refractivity contribution in [2.45, 2.75) is 70.3 Å². The van der Waals surface area contributed by atoms with Crippen LogP contribution in [0.4, 0.5) is 0 Å². The molecule has 4 nitrogen and oxygen atoms in total. The summed E-state index contributed by atoms with van der Waals surface area (Å²) in [5, 5.41) is 12.2. The van der Waals surface area contributed by atoms with Crippen molar-refractivity contribution in [3.8, 4) is 0 Å². The molecule has 21 heavy (non-hydrogen) atoms. The molecule has 0 aromatic heterocycles. The van der Waals surface area contributed by atoms with Gasteiger partial charge in [-0.05, 0) is 50.4 Å². The van der Waals surface area contributed by atoms with E-state index in [1.54, 1.807) is 0 Å². The Labute approximate surface area is 126 Å². The summed E-state index contributed by atoms with van der Waals surface area (Å²) in [5.41, 5.74) is 0. The lowest BCUT2D eigenvalue weighted by atomic mass is 9.67. The molecule has 0 aromatic carbocycles. The predicted octanol–water partition coefficient (Wildman–Crippen LogP) is 2.96. The van der Waals surface area contributed by atoms with Crippen molar-refractivity contribution in [2.75, 3.05) is 0 Å². The van der Waals surface area contributed by atoms with E-state index in [0.717, 1.165) is 31.1 Å². The highest BCUT2D eigenvalue weighted by Gasteiger charge is 2.37. The summed E-state index contributed by atoms with van der Waals surface area (Å²) in [6.45, 7) is 0. The van der Waals surface area contributed by atoms with Crippen molar-refractivity contribution >= 4 is 11.9 Å². The topological polar surface area (TPSA) is 66.4 Å².